The van der Waals surface area contributed by atoms with Gasteiger partial charge in [-0.1, -0.05) is 41.4 Å². The maximum atomic E-state index is 14.1. The van der Waals surface area contributed by atoms with E-state index in [0.717, 1.165) is 6.07 Å². The van der Waals surface area contributed by atoms with E-state index in [1.54, 1.807) is 18.2 Å². The second kappa shape index (κ2) is 6.96. The average molecular weight is 344 g/mol. The number of amides is 1. The third kappa shape index (κ3) is 3.88. The van der Waals surface area contributed by atoms with Gasteiger partial charge in [-0.3, -0.25) is 0 Å². The molecular formula is C15H12Cl2FNO3. The Bertz CT molecular complexity index is 696. The minimum absolute atomic E-state index is 0.0146. The van der Waals surface area contributed by atoms with Crippen LogP contribution in [0.2, 0.25) is 10.0 Å². The summed E-state index contributed by atoms with van der Waals surface area (Å²) < 4.78 is 14.1. The zero-order valence-electron chi connectivity index (χ0n) is 11.1. The van der Waals surface area contributed by atoms with Crippen LogP contribution in [0.4, 0.5) is 9.18 Å². The van der Waals surface area contributed by atoms with Gasteiger partial charge in [-0.05, 0) is 29.8 Å². The summed E-state index contributed by atoms with van der Waals surface area (Å²) in [7, 11) is 0. The maximum Gasteiger partial charge on any atom is 0.405 e. The quantitative estimate of drug-likeness (QED) is 0.780. The van der Waals surface area contributed by atoms with Crippen LogP contribution >= 0.6 is 23.2 Å². The average Bonchev–Trinajstić information content (AvgIpc) is 2.44. The monoisotopic (exact) mass is 343 g/mol. The molecule has 2 aromatic carbocycles. The molecule has 22 heavy (non-hydrogen) atoms. The van der Waals surface area contributed by atoms with Gasteiger partial charge in [0.1, 0.15) is 11.9 Å². The molecular weight excluding hydrogens is 332 g/mol. The van der Waals surface area contributed by atoms with Crippen molar-refractivity contribution in [2.45, 2.75) is 12.1 Å². The molecule has 0 saturated heterocycles. The lowest BCUT2D eigenvalue weighted by Gasteiger charge is -2.24. The third-order valence-corrected chi connectivity index (χ3v) is 3.55. The SMILES string of the molecule is O=C(O)N[C@H](c1ccc(Cl)cc1F)[C@@H](O)c1cccc(Cl)c1. The van der Waals surface area contributed by atoms with Crippen LogP contribution in [0.1, 0.15) is 23.3 Å². The normalized spacial score (nSPS) is 13.5. The molecule has 0 aliphatic heterocycles. The molecule has 1 amide bonds. The van der Waals surface area contributed by atoms with Crippen LogP contribution in [0.3, 0.4) is 0 Å². The lowest BCUT2D eigenvalue weighted by atomic mass is 9.95. The van der Waals surface area contributed by atoms with Gasteiger partial charge in [-0.15, -0.1) is 0 Å². The Kier molecular flexibility index (Phi) is 5.24. The summed E-state index contributed by atoms with van der Waals surface area (Å²) in [6.07, 6.45) is -2.70. The number of carboxylic acid groups (broad SMARTS) is 1. The maximum absolute atomic E-state index is 14.1. The van der Waals surface area contributed by atoms with Gasteiger partial charge in [0.25, 0.3) is 0 Å². The molecule has 0 aromatic heterocycles. The summed E-state index contributed by atoms with van der Waals surface area (Å²) >= 11 is 11.5. The first-order valence-electron chi connectivity index (χ1n) is 6.26. The van der Waals surface area contributed by atoms with E-state index in [1.165, 1.54) is 18.2 Å². The van der Waals surface area contributed by atoms with Gasteiger partial charge in [-0.25, -0.2) is 9.18 Å². The molecule has 0 heterocycles. The molecule has 4 nitrogen and oxygen atoms in total. The first kappa shape index (κ1) is 16.5. The highest BCUT2D eigenvalue weighted by molar-refractivity contribution is 6.30. The van der Waals surface area contributed by atoms with Gasteiger partial charge in [0.05, 0.1) is 6.04 Å². The highest BCUT2D eigenvalue weighted by Crippen LogP contribution is 2.32. The molecule has 0 aliphatic rings. The van der Waals surface area contributed by atoms with Crippen LogP contribution in [0, 0.1) is 5.82 Å². The first-order chi connectivity index (χ1) is 10.4. The molecule has 7 heteroatoms. The van der Waals surface area contributed by atoms with E-state index in [0.29, 0.717) is 10.6 Å². The van der Waals surface area contributed by atoms with E-state index in [-0.39, 0.29) is 10.6 Å². The molecule has 2 rings (SSSR count). The fourth-order valence-electron chi connectivity index (χ4n) is 2.10. The highest BCUT2D eigenvalue weighted by atomic mass is 35.5. The number of halogens is 3. The lowest BCUT2D eigenvalue weighted by Crippen LogP contribution is -2.32. The standard InChI is InChI=1S/C15H12Cl2FNO3/c16-9-3-1-2-8(6-9)14(20)13(19-15(21)22)11-5-4-10(17)7-12(11)18/h1-7,13-14,19-20H,(H,21,22)/t13-,14+/m1/s1. The van der Waals surface area contributed by atoms with Crippen LogP contribution in [-0.2, 0) is 0 Å². The summed E-state index contributed by atoms with van der Waals surface area (Å²) in [5, 5.41) is 22.0. The summed E-state index contributed by atoms with van der Waals surface area (Å²) in [4.78, 5) is 11.0. The van der Waals surface area contributed by atoms with Crippen LogP contribution in [0.25, 0.3) is 0 Å². The Morgan fingerprint density at radius 2 is 1.82 bits per heavy atom. The number of aliphatic hydroxyl groups excluding tert-OH is 1. The smallest absolute Gasteiger partial charge is 0.405 e. The topological polar surface area (TPSA) is 69.6 Å². The van der Waals surface area contributed by atoms with Crippen molar-refractivity contribution >= 4 is 29.3 Å². The second-order valence-electron chi connectivity index (χ2n) is 4.59. The number of rotatable bonds is 4. The van der Waals surface area contributed by atoms with E-state index in [4.69, 9.17) is 28.3 Å². The number of nitrogens with one attached hydrogen (secondary N) is 1. The molecule has 0 saturated carbocycles. The number of aliphatic hydroxyl groups is 1. The molecule has 0 aliphatic carbocycles. The fourth-order valence-corrected chi connectivity index (χ4v) is 2.45. The van der Waals surface area contributed by atoms with Crippen molar-refractivity contribution in [1.82, 2.24) is 5.32 Å². The van der Waals surface area contributed by atoms with Gasteiger partial charge >= 0.3 is 6.09 Å². The highest BCUT2D eigenvalue weighted by Gasteiger charge is 2.27. The van der Waals surface area contributed by atoms with Crippen molar-refractivity contribution < 1.29 is 19.4 Å². The number of hydrogen-bond acceptors (Lipinski definition) is 2. The Morgan fingerprint density at radius 1 is 1.14 bits per heavy atom. The van der Waals surface area contributed by atoms with Crippen LogP contribution < -0.4 is 5.32 Å². The van der Waals surface area contributed by atoms with Crippen LogP contribution in [-0.4, -0.2) is 16.3 Å². The largest absolute Gasteiger partial charge is 0.465 e. The summed E-state index contributed by atoms with van der Waals surface area (Å²) in [6.45, 7) is 0. The van der Waals surface area contributed by atoms with Crippen LogP contribution in [0.5, 0.6) is 0 Å². The number of benzene rings is 2. The predicted octanol–water partition coefficient (Wildman–Crippen LogP) is 4.17. The molecule has 3 N–H and O–H groups in total. The van der Waals surface area contributed by atoms with Crippen LogP contribution in [0.15, 0.2) is 42.5 Å². The third-order valence-electron chi connectivity index (χ3n) is 3.08. The molecule has 0 unspecified atom stereocenters. The van der Waals surface area contributed by atoms with Crippen molar-refractivity contribution in [2.75, 3.05) is 0 Å². The zero-order chi connectivity index (χ0) is 16.3. The van der Waals surface area contributed by atoms with E-state index in [1.807, 2.05) is 0 Å². The summed E-state index contributed by atoms with van der Waals surface area (Å²) in [5.74, 6) is -0.715. The Labute approximate surface area is 136 Å². The van der Waals surface area contributed by atoms with Crippen molar-refractivity contribution in [3.63, 3.8) is 0 Å². The van der Waals surface area contributed by atoms with Gasteiger partial charge in [-0.2, -0.15) is 0 Å². The number of carbonyl (C=O) groups is 1. The summed E-state index contributed by atoms with van der Waals surface area (Å²) in [6, 6.07) is 8.87. The molecule has 0 bridgehead atoms. The minimum Gasteiger partial charge on any atom is -0.465 e. The van der Waals surface area contributed by atoms with E-state index in [9.17, 15) is 14.3 Å². The van der Waals surface area contributed by atoms with Gasteiger partial charge < -0.3 is 15.5 Å². The molecule has 0 spiro atoms. The van der Waals surface area contributed by atoms with Gasteiger partial charge in [0, 0.05) is 15.6 Å². The van der Waals surface area contributed by atoms with Crippen molar-refractivity contribution in [3.05, 3.63) is 69.5 Å². The van der Waals surface area contributed by atoms with Gasteiger partial charge in [0.2, 0.25) is 0 Å². The Morgan fingerprint density at radius 3 is 2.41 bits per heavy atom. The van der Waals surface area contributed by atoms with E-state index >= 15 is 0 Å². The summed E-state index contributed by atoms with van der Waals surface area (Å²) in [5.41, 5.74) is 0.347. The molecule has 0 radical (unpaired) electrons. The van der Waals surface area contributed by atoms with Crippen molar-refractivity contribution in [1.29, 1.82) is 0 Å². The zero-order valence-corrected chi connectivity index (χ0v) is 12.6. The second-order valence-corrected chi connectivity index (χ2v) is 5.47. The Hall–Kier alpha value is -1.82. The first-order valence-corrected chi connectivity index (χ1v) is 7.02. The van der Waals surface area contributed by atoms with E-state index in [2.05, 4.69) is 5.32 Å². The van der Waals surface area contributed by atoms with Crippen molar-refractivity contribution in [2.24, 2.45) is 0 Å². The fraction of sp³-hybridized carbons (Fsp3) is 0.133. The Balaban J connectivity index is 2.43. The molecule has 2 aromatic rings. The molecule has 0 fully saturated rings. The van der Waals surface area contributed by atoms with E-state index < -0.39 is 24.1 Å². The molecule has 116 valence electrons. The van der Waals surface area contributed by atoms with Gasteiger partial charge in [0.15, 0.2) is 0 Å². The molecule has 2 atom stereocenters. The predicted molar refractivity (Wildman–Crippen MR) is 81.7 cm³/mol. The lowest BCUT2D eigenvalue weighted by molar-refractivity contribution is 0.119. The number of hydrogen-bond donors (Lipinski definition) is 3. The minimum atomic E-state index is -1.39. The van der Waals surface area contributed by atoms with Crippen molar-refractivity contribution in [3.8, 4) is 0 Å².